The SMILES string of the molecule is CCn1cc(NC(=O)NC(CN2CCCC2=O)c2cccc(C(F)(F)F)c2)cn1. The Morgan fingerprint density at radius 3 is 2.76 bits per heavy atom. The van der Waals surface area contributed by atoms with E-state index in [1.807, 2.05) is 6.92 Å². The van der Waals surface area contributed by atoms with E-state index in [2.05, 4.69) is 15.7 Å². The fourth-order valence-corrected chi connectivity index (χ4v) is 3.21. The Hall–Kier alpha value is -3.04. The van der Waals surface area contributed by atoms with Gasteiger partial charge in [0.2, 0.25) is 5.91 Å². The molecule has 1 aromatic heterocycles. The molecule has 156 valence electrons. The van der Waals surface area contributed by atoms with Crippen LogP contribution >= 0.6 is 0 Å². The number of nitrogens with zero attached hydrogens (tertiary/aromatic N) is 3. The topological polar surface area (TPSA) is 79.3 Å². The van der Waals surface area contributed by atoms with E-state index in [-0.39, 0.29) is 18.0 Å². The van der Waals surface area contributed by atoms with Crippen LogP contribution in [0.4, 0.5) is 23.7 Å². The number of halogens is 3. The van der Waals surface area contributed by atoms with E-state index in [4.69, 9.17) is 0 Å². The molecule has 0 saturated carbocycles. The quantitative estimate of drug-likeness (QED) is 0.768. The fourth-order valence-electron chi connectivity index (χ4n) is 3.21. The summed E-state index contributed by atoms with van der Waals surface area (Å²) in [4.78, 5) is 26.0. The standard InChI is InChI=1S/C19H22F3N5O2/c1-2-27-11-15(10-23-27)24-18(29)25-16(12-26-8-4-7-17(26)28)13-5-3-6-14(9-13)19(20,21)22/h3,5-6,9-11,16H,2,4,7-8,12H2,1H3,(H2,24,25,29). The molecule has 0 radical (unpaired) electrons. The first-order chi connectivity index (χ1) is 13.8. The normalized spacial score (nSPS) is 15.4. The molecule has 1 saturated heterocycles. The molecule has 3 rings (SSSR count). The average Bonchev–Trinajstić information content (AvgIpc) is 3.29. The van der Waals surface area contributed by atoms with Crippen molar-refractivity contribution in [3.63, 3.8) is 0 Å². The van der Waals surface area contributed by atoms with Crippen LogP contribution in [-0.2, 0) is 17.5 Å². The molecule has 1 unspecified atom stereocenters. The summed E-state index contributed by atoms with van der Waals surface area (Å²) in [5.74, 6) is -0.0755. The first kappa shape index (κ1) is 20.7. The van der Waals surface area contributed by atoms with E-state index in [1.54, 1.807) is 15.8 Å². The Bertz CT molecular complexity index is 881. The van der Waals surface area contributed by atoms with Crippen LogP contribution < -0.4 is 10.6 Å². The average molecular weight is 409 g/mol. The predicted molar refractivity (Wildman–Crippen MR) is 100 cm³/mol. The molecule has 2 N–H and O–H groups in total. The maximum absolute atomic E-state index is 13.1. The van der Waals surface area contributed by atoms with E-state index in [1.165, 1.54) is 18.3 Å². The smallest absolute Gasteiger partial charge is 0.340 e. The second-order valence-corrected chi connectivity index (χ2v) is 6.80. The summed E-state index contributed by atoms with van der Waals surface area (Å²) in [5, 5.41) is 9.36. The van der Waals surface area contributed by atoms with Crippen LogP contribution in [0.5, 0.6) is 0 Å². The lowest BCUT2D eigenvalue weighted by molar-refractivity contribution is -0.137. The number of hydrogen-bond acceptors (Lipinski definition) is 3. The number of aryl methyl sites for hydroxylation is 1. The number of urea groups is 1. The lowest BCUT2D eigenvalue weighted by Gasteiger charge is -2.25. The molecular weight excluding hydrogens is 387 g/mol. The first-order valence-corrected chi connectivity index (χ1v) is 9.31. The minimum atomic E-state index is -4.50. The summed E-state index contributed by atoms with van der Waals surface area (Å²) in [7, 11) is 0. The van der Waals surface area contributed by atoms with Gasteiger partial charge in [0.1, 0.15) is 0 Å². The van der Waals surface area contributed by atoms with Gasteiger partial charge in [-0.15, -0.1) is 0 Å². The summed E-state index contributed by atoms with van der Waals surface area (Å²) < 4.78 is 41.0. The molecule has 3 amide bonds. The molecule has 1 fully saturated rings. The van der Waals surface area contributed by atoms with Crippen molar-refractivity contribution in [1.82, 2.24) is 20.0 Å². The van der Waals surface area contributed by atoms with Gasteiger partial charge in [0.05, 0.1) is 23.5 Å². The number of alkyl halides is 3. The third kappa shape index (κ3) is 5.27. The maximum atomic E-state index is 13.1. The maximum Gasteiger partial charge on any atom is 0.416 e. The highest BCUT2D eigenvalue weighted by molar-refractivity contribution is 5.89. The summed E-state index contributed by atoms with van der Waals surface area (Å²) in [5.41, 5.74) is -0.0671. The van der Waals surface area contributed by atoms with Crippen molar-refractivity contribution in [2.45, 2.75) is 38.5 Å². The molecule has 0 bridgehead atoms. The molecule has 1 atom stereocenters. The summed E-state index contributed by atoms with van der Waals surface area (Å²) in [6.45, 7) is 3.14. The number of nitrogens with one attached hydrogen (secondary N) is 2. The molecule has 7 nitrogen and oxygen atoms in total. The predicted octanol–water partition coefficient (Wildman–Crippen LogP) is 3.41. The van der Waals surface area contributed by atoms with Crippen molar-refractivity contribution < 1.29 is 22.8 Å². The summed E-state index contributed by atoms with van der Waals surface area (Å²) >= 11 is 0. The Morgan fingerprint density at radius 2 is 2.14 bits per heavy atom. The fraction of sp³-hybridized carbons (Fsp3) is 0.421. The highest BCUT2D eigenvalue weighted by Gasteiger charge is 2.32. The van der Waals surface area contributed by atoms with E-state index in [0.717, 1.165) is 12.1 Å². The van der Waals surface area contributed by atoms with E-state index in [9.17, 15) is 22.8 Å². The Kier molecular flexibility index (Phi) is 6.09. The number of anilines is 1. The van der Waals surface area contributed by atoms with Gasteiger partial charge in [-0.2, -0.15) is 18.3 Å². The number of carbonyl (C=O) groups excluding carboxylic acids is 2. The number of amides is 3. The Morgan fingerprint density at radius 1 is 1.34 bits per heavy atom. The first-order valence-electron chi connectivity index (χ1n) is 9.31. The highest BCUT2D eigenvalue weighted by atomic mass is 19.4. The van der Waals surface area contributed by atoms with Crippen molar-refractivity contribution in [2.24, 2.45) is 0 Å². The molecule has 1 aliphatic rings. The zero-order valence-corrected chi connectivity index (χ0v) is 15.9. The van der Waals surface area contributed by atoms with E-state index >= 15 is 0 Å². The van der Waals surface area contributed by atoms with Crippen molar-refractivity contribution in [1.29, 1.82) is 0 Å². The minimum Gasteiger partial charge on any atom is -0.340 e. The third-order valence-corrected chi connectivity index (χ3v) is 4.71. The van der Waals surface area contributed by atoms with Crippen LogP contribution in [0.2, 0.25) is 0 Å². The summed E-state index contributed by atoms with van der Waals surface area (Å²) in [6, 6.07) is 3.40. The molecule has 0 spiro atoms. The monoisotopic (exact) mass is 409 g/mol. The molecule has 29 heavy (non-hydrogen) atoms. The lowest BCUT2D eigenvalue weighted by Crippen LogP contribution is -2.40. The van der Waals surface area contributed by atoms with E-state index < -0.39 is 23.8 Å². The van der Waals surface area contributed by atoms with Crippen LogP contribution in [0.1, 0.15) is 36.9 Å². The lowest BCUT2D eigenvalue weighted by atomic mass is 10.0. The summed E-state index contributed by atoms with van der Waals surface area (Å²) in [6.07, 6.45) is -0.287. The Balaban J connectivity index is 1.79. The molecule has 10 heteroatoms. The number of likely N-dealkylation sites (tertiary alicyclic amines) is 1. The van der Waals surface area contributed by atoms with Gasteiger partial charge in [-0.25, -0.2) is 4.79 Å². The third-order valence-electron chi connectivity index (χ3n) is 4.71. The van der Waals surface area contributed by atoms with Crippen LogP contribution in [0.25, 0.3) is 0 Å². The number of benzene rings is 1. The van der Waals surface area contributed by atoms with Gasteiger partial charge in [0.25, 0.3) is 0 Å². The van der Waals surface area contributed by atoms with Gasteiger partial charge >= 0.3 is 12.2 Å². The molecule has 2 heterocycles. The van der Waals surface area contributed by atoms with Crippen molar-refractivity contribution >= 4 is 17.6 Å². The van der Waals surface area contributed by atoms with Crippen LogP contribution in [-0.4, -0.2) is 39.7 Å². The van der Waals surface area contributed by atoms with Crippen molar-refractivity contribution in [2.75, 3.05) is 18.4 Å². The number of aromatic nitrogens is 2. The largest absolute Gasteiger partial charge is 0.416 e. The van der Waals surface area contributed by atoms with Gasteiger partial charge in [-0.1, -0.05) is 12.1 Å². The van der Waals surface area contributed by atoms with Crippen molar-refractivity contribution in [3.05, 3.63) is 47.8 Å². The second-order valence-electron chi connectivity index (χ2n) is 6.80. The Labute approximate surface area is 165 Å². The molecule has 1 aromatic carbocycles. The van der Waals surface area contributed by atoms with Gasteiger partial charge in [-0.05, 0) is 31.0 Å². The molecule has 2 aromatic rings. The number of rotatable bonds is 6. The van der Waals surface area contributed by atoms with E-state index in [0.29, 0.717) is 31.6 Å². The van der Waals surface area contributed by atoms with Crippen LogP contribution in [0, 0.1) is 0 Å². The zero-order valence-electron chi connectivity index (χ0n) is 15.9. The van der Waals surface area contributed by atoms with Crippen LogP contribution in [0.3, 0.4) is 0 Å². The van der Waals surface area contributed by atoms with Crippen LogP contribution in [0.15, 0.2) is 36.7 Å². The van der Waals surface area contributed by atoms with Gasteiger partial charge in [0, 0.05) is 32.3 Å². The number of carbonyl (C=O) groups is 2. The minimum absolute atomic E-state index is 0.0755. The van der Waals surface area contributed by atoms with Crippen molar-refractivity contribution in [3.8, 4) is 0 Å². The highest BCUT2D eigenvalue weighted by Crippen LogP contribution is 2.31. The van der Waals surface area contributed by atoms with Gasteiger partial charge in [-0.3, -0.25) is 9.48 Å². The number of hydrogen-bond donors (Lipinski definition) is 2. The molecule has 0 aliphatic carbocycles. The van der Waals surface area contributed by atoms with Gasteiger partial charge in [0.15, 0.2) is 0 Å². The molecule has 1 aliphatic heterocycles. The van der Waals surface area contributed by atoms with Gasteiger partial charge < -0.3 is 15.5 Å². The molecular formula is C19H22F3N5O2. The zero-order chi connectivity index (χ0) is 21.0. The second kappa shape index (κ2) is 8.54.